The lowest BCUT2D eigenvalue weighted by Gasteiger charge is -2.33. The number of hydrogen-bond donors (Lipinski definition) is 2. The zero-order valence-electron chi connectivity index (χ0n) is 14.3. The second kappa shape index (κ2) is 7.65. The molecule has 0 spiro atoms. The van der Waals surface area contributed by atoms with Gasteiger partial charge in [-0.05, 0) is 24.7 Å². The van der Waals surface area contributed by atoms with Gasteiger partial charge in [-0.25, -0.2) is 4.79 Å². The molecule has 0 aromatic carbocycles. The van der Waals surface area contributed by atoms with Gasteiger partial charge < -0.3 is 15.1 Å². The van der Waals surface area contributed by atoms with Crippen LogP contribution in [0.1, 0.15) is 60.3 Å². The van der Waals surface area contributed by atoms with Gasteiger partial charge in [0.05, 0.1) is 6.04 Å². The summed E-state index contributed by atoms with van der Waals surface area (Å²) in [5.41, 5.74) is 0.682. The van der Waals surface area contributed by atoms with Crippen LogP contribution in [0.4, 0.5) is 0 Å². The summed E-state index contributed by atoms with van der Waals surface area (Å²) < 4.78 is 0. The maximum Gasteiger partial charge on any atom is 0.326 e. The highest BCUT2D eigenvalue weighted by molar-refractivity contribution is 5.98. The maximum atomic E-state index is 12.5. The van der Waals surface area contributed by atoms with Gasteiger partial charge in [0.15, 0.2) is 5.76 Å². The monoisotopic (exact) mass is 311 g/mol. The summed E-state index contributed by atoms with van der Waals surface area (Å²) in [6, 6.07) is -1.18. The lowest BCUT2D eigenvalue weighted by Crippen LogP contribution is -2.48. The number of aliphatic hydroxyl groups is 1. The minimum Gasteiger partial charge on any atom is -0.503 e. The van der Waals surface area contributed by atoms with Crippen molar-refractivity contribution in [1.82, 2.24) is 4.90 Å². The number of carboxylic acid groups (broad SMARTS) is 1. The largest absolute Gasteiger partial charge is 0.503 e. The Hall–Kier alpha value is -1.52. The summed E-state index contributed by atoms with van der Waals surface area (Å²) in [6.07, 6.45) is 2.70. The van der Waals surface area contributed by atoms with E-state index in [9.17, 15) is 19.8 Å². The Labute approximate surface area is 133 Å². The van der Waals surface area contributed by atoms with Crippen molar-refractivity contribution in [1.29, 1.82) is 0 Å². The fraction of sp³-hybridized carbons (Fsp3) is 0.765. The van der Waals surface area contributed by atoms with Gasteiger partial charge in [0.25, 0.3) is 5.91 Å². The number of carboxylic acids is 1. The van der Waals surface area contributed by atoms with Crippen molar-refractivity contribution in [2.45, 2.75) is 72.4 Å². The number of amides is 1. The average molecular weight is 311 g/mol. The molecular formula is C17H29NO4. The van der Waals surface area contributed by atoms with Crippen LogP contribution in [-0.2, 0) is 9.59 Å². The molecule has 0 bridgehead atoms. The van der Waals surface area contributed by atoms with E-state index in [1.54, 1.807) is 0 Å². The molecule has 0 fully saturated rings. The van der Waals surface area contributed by atoms with Gasteiger partial charge in [-0.15, -0.1) is 0 Å². The molecule has 5 nitrogen and oxygen atoms in total. The minimum atomic E-state index is -0.992. The second-order valence-corrected chi connectivity index (χ2v) is 6.81. The molecule has 5 heteroatoms. The van der Waals surface area contributed by atoms with Gasteiger partial charge in [-0.1, -0.05) is 47.5 Å². The highest BCUT2D eigenvalue weighted by Gasteiger charge is 2.45. The third-order valence-electron chi connectivity index (χ3n) is 4.17. The van der Waals surface area contributed by atoms with Crippen LogP contribution in [0.15, 0.2) is 11.3 Å². The van der Waals surface area contributed by atoms with E-state index in [1.165, 1.54) is 4.90 Å². The van der Waals surface area contributed by atoms with Crippen molar-refractivity contribution >= 4 is 11.9 Å². The van der Waals surface area contributed by atoms with Crippen LogP contribution in [0.3, 0.4) is 0 Å². The van der Waals surface area contributed by atoms with Gasteiger partial charge in [0.1, 0.15) is 6.04 Å². The van der Waals surface area contributed by atoms with Crippen LogP contribution in [-0.4, -0.2) is 39.1 Å². The summed E-state index contributed by atoms with van der Waals surface area (Å²) in [4.78, 5) is 25.5. The Morgan fingerprint density at radius 1 is 1.27 bits per heavy atom. The van der Waals surface area contributed by atoms with Crippen molar-refractivity contribution < 1.29 is 19.8 Å². The highest BCUT2D eigenvalue weighted by atomic mass is 16.4. The molecule has 126 valence electrons. The molecule has 1 amide bonds. The minimum absolute atomic E-state index is 0.0123. The number of nitrogens with zero attached hydrogens (tertiary/aromatic N) is 1. The van der Waals surface area contributed by atoms with Crippen molar-refractivity contribution in [3.63, 3.8) is 0 Å². The van der Waals surface area contributed by atoms with Gasteiger partial charge in [0, 0.05) is 5.57 Å². The zero-order valence-corrected chi connectivity index (χ0v) is 14.3. The van der Waals surface area contributed by atoms with E-state index in [1.807, 2.05) is 34.6 Å². The van der Waals surface area contributed by atoms with Crippen LogP contribution < -0.4 is 0 Å². The third kappa shape index (κ3) is 3.81. The van der Waals surface area contributed by atoms with E-state index in [0.29, 0.717) is 24.3 Å². The van der Waals surface area contributed by atoms with Crippen molar-refractivity contribution in [2.75, 3.05) is 0 Å². The first-order valence-corrected chi connectivity index (χ1v) is 8.20. The van der Waals surface area contributed by atoms with Crippen molar-refractivity contribution in [2.24, 2.45) is 11.8 Å². The number of aliphatic hydroxyl groups excluding tert-OH is 1. The quantitative estimate of drug-likeness (QED) is 0.720. The van der Waals surface area contributed by atoms with Crippen LogP contribution in [0, 0.1) is 11.8 Å². The summed E-state index contributed by atoms with van der Waals surface area (Å²) in [7, 11) is 0. The Morgan fingerprint density at radius 2 is 1.86 bits per heavy atom. The zero-order chi connectivity index (χ0) is 17.0. The van der Waals surface area contributed by atoms with Crippen LogP contribution in [0.25, 0.3) is 0 Å². The van der Waals surface area contributed by atoms with Crippen LogP contribution >= 0.6 is 0 Å². The van der Waals surface area contributed by atoms with E-state index in [-0.39, 0.29) is 17.7 Å². The Kier molecular flexibility index (Phi) is 6.45. The first-order chi connectivity index (χ1) is 10.2. The predicted molar refractivity (Wildman–Crippen MR) is 85.5 cm³/mol. The normalized spacial score (nSPS) is 20.4. The summed E-state index contributed by atoms with van der Waals surface area (Å²) in [5.74, 6) is -1.45. The molecule has 0 saturated heterocycles. The molecule has 2 N–H and O–H groups in total. The van der Waals surface area contributed by atoms with E-state index in [0.717, 1.165) is 12.8 Å². The molecule has 0 saturated carbocycles. The van der Waals surface area contributed by atoms with Gasteiger partial charge >= 0.3 is 5.97 Å². The molecule has 0 aromatic heterocycles. The van der Waals surface area contributed by atoms with Crippen LogP contribution in [0.2, 0.25) is 0 Å². The molecule has 2 atom stereocenters. The van der Waals surface area contributed by atoms with Gasteiger partial charge in [-0.2, -0.15) is 0 Å². The number of rotatable bonds is 8. The standard InChI is InChI=1S/C17H29NO4/c1-6-7-8-12(17(21)22)18-13(9-10(2)3)14(11(4)5)15(19)16(18)20/h10-13,19H,6-9H2,1-5H3,(H,21,22). The molecular weight excluding hydrogens is 282 g/mol. The summed E-state index contributed by atoms with van der Waals surface area (Å²) in [5, 5.41) is 19.8. The number of aliphatic carboxylic acids is 1. The summed E-state index contributed by atoms with van der Waals surface area (Å²) >= 11 is 0. The van der Waals surface area contributed by atoms with Gasteiger partial charge in [0.2, 0.25) is 0 Å². The first kappa shape index (κ1) is 18.5. The van der Waals surface area contributed by atoms with E-state index in [2.05, 4.69) is 0 Å². The predicted octanol–water partition coefficient (Wildman–Crippen LogP) is 3.35. The second-order valence-electron chi connectivity index (χ2n) is 6.81. The molecule has 1 heterocycles. The first-order valence-electron chi connectivity index (χ1n) is 8.20. The van der Waals surface area contributed by atoms with Gasteiger partial charge in [-0.3, -0.25) is 4.79 Å². The molecule has 0 aromatic rings. The molecule has 0 radical (unpaired) electrons. The third-order valence-corrected chi connectivity index (χ3v) is 4.17. The van der Waals surface area contributed by atoms with E-state index < -0.39 is 17.9 Å². The van der Waals surface area contributed by atoms with E-state index in [4.69, 9.17) is 0 Å². The Bertz CT molecular complexity index is 454. The Morgan fingerprint density at radius 3 is 2.27 bits per heavy atom. The number of carbonyl (C=O) groups excluding carboxylic acids is 1. The SMILES string of the molecule is CCCCC(C(=O)O)N1C(=O)C(O)=C(C(C)C)C1CC(C)C. The fourth-order valence-electron chi connectivity index (χ4n) is 3.18. The number of hydrogen-bond acceptors (Lipinski definition) is 3. The van der Waals surface area contributed by atoms with Crippen molar-refractivity contribution in [3.05, 3.63) is 11.3 Å². The highest BCUT2D eigenvalue weighted by Crippen LogP contribution is 2.36. The number of carbonyl (C=O) groups is 2. The lowest BCUT2D eigenvalue weighted by atomic mass is 9.90. The molecule has 22 heavy (non-hydrogen) atoms. The molecule has 1 aliphatic rings. The average Bonchev–Trinajstić information content (AvgIpc) is 2.62. The molecule has 2 unspecified atom stereocenters. The Balaban J connectivity index is 3.20. The smallest absolute Gasteiger partial charge is 0.326 e. The molecule has 0 aliphatic carbocycles. The lowest BCUT2D eigenvalue weighted by molar-refractivity contribution is -0.150. The summed E-state index contributed by atoms with van der Waals surface area (Å²) in [6.45, 7) is 9.93. The van der Waals surface area contributed by atoms with E-state index >= 15 is 0 Å². The molecule has 1 rings (SSSR count). The molecule has 1 aliphatic heterocycles. The fourth-order valence-corrected chi connectivity index (χ4v) is 3.18. The van der Waals surface area contributed by atoms with Crippen molar-refractivity contribution in [3.8, 4) is 0 Å². The maximum absolute atomic E-state index is 12.5. The van der Waals surface area contributed by atoms with Crippen LogP contribution in [0.5, 0.6) is 0 Å². The topological polar surface area (TPSA) is 77.8 Å². The number of unbranched alkanes of at least 4 members (excludes halogenated alkanes) is 1.